The van der Waals surface area contributed by atoms with Crippen molar-refractivity contribution in [1.82, 2.24) is 10.6 Å². The molecule has 2 N–H and O–H groups in total. The van der Waals surface area contributed by atoms with Crippen molar-refractivity contribution >= 4 is 5.97 Å². The Morgan fingerprint density at radius 2 is 1.39 bits per heavy atom. The summed E-state index contributed by atoms with van der Waals surface area (Å²) in [5, 5.41) is 7.25. The Morgan fingerprint density at radius 3 is 1.93 bits per heavy atom. The first kappa shape index (κ1) is 20.6. The van der Waals surface area contributed by atoms with Gasteiger partial charge in [-0.2, -0.15) is 0 Å². The molecule has 4 nitrogen and oxygen atoms in total. The van der Waals surface area contributed by atoms with Crippen molar-refractivity contribution in [3.63, 3.8) is 0 Å². The van der Waals surface area contributed by atoms with Crippen LogP contribution in [0, 0.1) is 0 Å². The summed E-state index contributed by atoms with van der Waals surface area (Å²) >= 11 is 0. The van der Waals surface area contributed by atoms with Crippen LogP contribution in [0.25, 0.3) is 0 Å². The maximum atomic E-state index is 13.4. The standard InChI is InChI=1S/C24H32N2O2/c1-22(2)17-24(18-23(3,4)26-22,25-15-19-11-7-5-8-12-19)21(27)28-16-20-13-9-6-10-14-20/h5-14,25-26H,15-18H2,1-4H3. The van der Waals surface area contributed by atoms with Gasteiger partial charge in [0.2, 0.25) is 0 Å². The van der Waals surface area contributed by atoms with Crippen molar-refractivity contribution in [3.05, 3.63) is 71.8 Å². The Balaban J connectivity index is 1.81. The minimum absolute atomic E-state index is 0.171. The van der Waals surface area contributed by atoms with Gasteiger partial charge >= 0.3 is 5.97 Å². The van der Waals surface area contributed by atoms with E-state index in [2.05, 4.69) is 50.5 Å². The monoisotopic (exact) mass is 380 g/mol. The molecule has 0 amide bonds. The lowest BCUT2D eigenvalue weighted by molar-refractivity contribution is -0.157. The summed E-state index contributed by atoms with van der Waals surface area (Å²) in [6.45, 7) is 9.53. The molecule has 0 spiro atoms. The number of piperidine rings is 1. The van der Waals surface area contributed by atoms with Crippen molar-refractivity contribution in [2.24, 2.45) is 0 Å². The zero-order valence-corrected chi connectivity index (χ0v) is 17.4. The molecular weight excluding hydrogens is 348 g/mol. The van der Waals surface area contributed by atoms with Gasteiger partial charge in [-0.05, 0) is 51.7 Å². The molecule has 1 saturated heterocycles. The third-order valence-corrected chi connectivity index (χ3v) is 5.24. The van der Waals surface area contributed by atoms with Gasteiger partial charge in [0.05, 0.1) is 0 Å². The Hall–Kier alpha value is -2.17. The summed E-state index contributed by atoms with van der Waals surface area (Å²) in [7, 11) is 0. The molecule has 1 heterocycles. The van der Waals surface area contributed by atoms with E-state index in [1.807, 2.05) is 48.5 Å². The van der Waals surface area contributed by atoms with Gasteiger partial charge in [-0.25, -0.2) is 0 Å². The van der Waals surface area contributed by atoms with Gasteiger partial charge in [-0.15, -0.1) is 0 Å². The molecule has 1 aliphatic heterocycles. The number of hydrogen-bond donors (Lipinski definition) is 2. The van der Waals surface area contributed by atoms with Crippen LogP contribution < -0.4 is 10.6 Å². The van der Waals surface area contributed by atoms with Crippen LogP contribution in [-0.2, 0) is 22.7 Å². The molecule has 0 radical (unpaired) electrons. The number of carbonyl (C=O) groups excluding carboxylic acids is 1. The van der Waals surface area contributed by atoms with E-state index in [1.165, 1.54) is 0 Å². The molecular formula is C24H32N2O2. The molecule has 0 saturated carbocycles. The van der Waals surface area contributed by atoms with Gasteiger partial charge in [0.1, 0.15) is 12.1 Å². The van der Waals surface area contributed by atoms with Crippen molar-refractivity contribution in [2.75, 3.05) is 0 Å². The highest BCUT2D eigenvalue weighted by Crippen LogP contribution is 2.37. The molecule has 0 aliphatic carbocycles. The quantitative estimate of drug-likeness (QED) is 0.738. The largest absolute Gasteiger partial charge is 0.459 e. The molecule has 0 unspecified atom stereocenters. The van der Waals surface area contributed by atoms with Gasteiger partial charge in [0, 0.05) is 17.6 Å². The minimum Gasteiger partial charge on any atom is -0.459 e. The fraction of sp³-hybridized carbons (Fsp3) is 0.458. The third kappa shape index (κ3) is 5.21. The van der Waals surface area contributed by atoms with E-state index in [0.29, 0.717) is 26.0 Å². The maximum Gasteiger partial charge on any atom is 0.326 e. The van der Waals surface area contributed by atoms with E-state index < -0.39 is 5.54 Å². The summed E-state index contributed by atoms with van der Waals surface area (Å²) in [6, 6.07) is 20.0. The Morgan fingerprint density at radius 1 is 0.893 bits per heavy atom. The molecule has 0 atom stereocenters. The summed E-state index contributed by atoms with van der Waals surface area (Å²) in [6.07, 6.45) is 1.34. The van der Waals surface area contributed by atoms with E-state index in [9.17, 15) is 4.79 Å². The maximum absolute atomic E-state index is 13.4. The van der Waals surface area contributed by atoms with Gasteiger partial charge in [0.25, 0.3) is 0 Å². The van der Waals surface area contributed by atoms with Crippen LogP contribution in [0.5, 0.6) is 0 Å². The summed E-state index contributed by atoms with van der Waals surface area (Å²) in [5.74, 6) is -0.171. The van der Waals surface area contributed by atoms with Gasteiger partial charge in [0.15, 0.2) is 0 Å². The van der Waals surface area contributed by atoms with Crippen molar-refractivity contribution in [2.45, 2.75) is 70.3 Å². The van der Waals surface area contributed by atoms with E-state index in [-0.39, 0.29) is 17.0 Å². The number of hydrogen-bond acceptors (Lipinski definition) is 4. The van der Waals surface area contributed by atoms with Crippen molar-refractivity contribution in [3.8, 4) is 0 Å². The number of carbonyl (C=O) groups is 1. The number of ether oxygens (including phenoxy) is 1. The number of nitrogens with one attached hydrogen (secondary N) is 2. The highest BCUT2D eigenvalue weighted by molar-refractivity contribution is 5.81. The summed E-state index contributed by atoms with van der Waals surface area (Å²) in [5.41, 5.74) is 1.06. The van der Waals surface area contributed by atoms with Gasteiger partial charge in [-0.1, -0.05) is 60.7 Å². The van der Waals surface area contributed by atoms with Gasteiger partial charge in [-0.3, -0.25) is 10.1 Å². The molecule has 1 aliphatic rings. The highest BCUT2D eigenvalue weighted by atomic mass is 16.5. The Bertz CT molecular complexity index is 769. The number of benzene rings is 2. The summed E-state index contributed by atoms with van der Waals surface area (Å²) < 4.78 is 5.82. The average molecular weight is 381 g/mol. The lowest BCUT2D eigenvalue weighted by Crippen LogP contribution is -2.70. The predicted molar refractivity (Wildman–Crippen MR) is 113 cm³/mol. The molecule has 2 aromatic carbocycles. The lowest BCUT2D eigenvalue weighted by atomic mass is 9.70. The second-order valence-corrected chi connectivity index (χ2v) is 9.23. The van der Waals surface area contributed by atoms with Crippen LogP contribution in [0.3, 0.4) is 0 Å². The SMILES string of the molecule is CC1(C)CC(NCc2ccccc2)(C(=O)OCc2ccccc2)CC(C)(C)N1. The van der Waals surface area contributed by atoms with Crippen molar-refractivity contribution < 1.29 is 9.53 Å². The first-order chi connectivity index (χ1) is 13.2. The molecule has 3 rings (SSSR count). The second-order valence-electron chi connectivity index (χ2n) is 9.23. The zero-order chi connectivity index (χ0) is 20.3. The second kappa shape index (κ2) is 8.06. The van der Waals surface area contributed by atoms with Crippen LogP contribution in [0.4, 0.5) is 0 Å². The molecule has 0 aromatic heterocycles. The third-order valence-electron chi connectivity index (χ3n) is 5.24. The van der Waals surface area contributed by atoms with Crippen LogP contribution in [-0.4, -0.2) is 22.6 Å². The first-order valence-electron chi connectivity index (χ1n) is 9.99. The highest BCUT2D eigenvalue weighted by Gasteiger charge is 2.52. The van der Waals surface area contributed by atoms with E-state index in [4.69, 9.17) is 4.74 Å². The Kier molecular flexibility index (Phi) is 5.92. The Labute approximate surface area is 168 Å². The fourth-order valence-electron chi connectivity index (χ4n) is 4.65. The molecule has 0 bridgehead atoms. The molecule has 1 fully saturated rings. The number of esters is 1. The molecule has 150 valence electrons. The minimum atomic E-state index is -0.733. The molecule has 28 heavy (non-hydrogen) atoms. The van der Waals surface area contributed by atoms with E-state index in [0.717, 1.165) is 11.1 Å². The summed E-state index contributed by atoms with van der Waals surface area (Å²) in [4.78, 5) is 13.4. The zero-order valence-electron chi connectivity index (χ0n) is 17.4. The van der Waals surface area contributed by atoms with Crippen LogP contribution >= 0.6 is 0 Å². The van der Waals surface area contributed by atoms with Gasteiger partial charge < -0.3 is 10.1 Å². The topological polar surface area (TPSA) is 50.4 Å². The van der Waals surface area contributed by atoms with E-state index >= 15 is 0 Å². The fourth-order valence-corrected chi connectivity index (χ4v) is 4.65. The van der Waals surface area contributed by atoms with Crippen LogP contribution in [0.15, 0.2) is 60.7 Å². The number of rotatable bonds is 6. The predicted octanol–water partition coefficient (Wildman–Crippen LogP) is 4.20. The smallest absolute Gasteiger partial charge is 0.326 e. The van der Waals surface area contributed by atoms with Crippen LogP contribution in [0.2, 0.25) is 0 Å². The molecule has 2 aromatic rings. The van der Waals surface area contributed by atoms with E-state index in [1.54, 1.807) is 0 Å². The van der Waals surface area contributed by atoms with Crippen LogP contribution in [0.1, 0.15) is 51.7 Å². The lowest BCUT2D eigenvalue weighted by Gasteiger charge is -2.51. The molecule has 4 heteroatoms. The average Bonchev–Trinajstić information content (AvgIpc) is 2.64. The normalized spacial score (nSPS) is 19.7. The first-order valence-corrected chi connectivity index (χ1v) is 9.99. The van der Waals surface area contributed by atoms with Crippen molar-refractivity contribution in [1.29, 1.82) is 0 Å².